The SMILES string of the molecule is COc1ccc(OC)c(NC(=S)NC(NC(=O)CCl)C(Cl)(Cl)Cl)c1. The third-order valence-electron chi connectivity index (χ3n) is 2.68. The van der Waals surface area contributed by atoms with E-state index in [9.17, 15) is 4.79 Å². The highest BCUT2D eigenvalue weighted by Crippen LogP contribution is 2.30. The van der Waals surface area contributed by atoms with E-state index in [-0.39, 0.29) is 11.0 Å². The molecule has 1 aromatic carbocycles. The number of thiocarbonyl (C=S) groups is 1. The van der Waals surface area contributed by atoms with Crippen molar-refractivity contribution < 1.29 is 14.3 Å². The lowest BCUT2D eigenvalue weighted by Gasteiger charge is -2.27. The molecular weight excluding hydrogens is 420 g/mol. The van der Waals surface area contributed by atoms with Gasteiger partial charge in [-0.2, -0.15) is 0 Å². The molecule has 3 N–H and O–H groups in total. The molecule has 0 radical (unpaired) electrons. The van der Waals surface area contributed by atoms with Crippen molar-refractivity contribution in [1.82, 2.24) is 10.6 Å². The Labute approximate surface area is 165 Å². The van der Waals surface area contributed by atoms with Gasteiger partial charge in [-0.15, -0.1) is 11.6 Å². The number of amides is 1. The molecular formula is C13H15Cl4N3O3S. The Balaban J connectivity index is 2.87. The second kappa shape index (κ2) is 9.58. The van der Waals surface area contributed by atoms with Crippen LogP contribution in [0.3, 0.4) is 0 Å². The average Bonchev–Trinajstić information content (AvgIpc) is 2.52. The van der Waals surface area contributed by atoms with Gasteiger partial charge in [0, 0.05) is 6.07 Å². The van der Waals surface area contributed by atoms with E-state index in [1.54, 1.807) is 18.2 Å². The summed E-state index contributed by atoms with van der Waals surface area (Å²) in [5, 5.41) is 8.09. The summed E-state index contributed by atoms with van der Waals surface area (Å²) in [5.41, 5.74) is 0.529. The highest BCUT2D eigenvalue weighted by atomic mass is 35.6. The van der Waals surface area contributed by atoms with Crippen LogP contribution in [0, 0.1) is 0 Å². The van der Waals surface area contributed by atoms with Crippen LogP contribution in [0.2, 0.25) is 0 Å². The molecule has 0 aliphatic heterocycles. The van der Waals surface area contributed by atoms with Crippen LogP contribution < -0.4 is 25.4 Å². The van der Waals surface area contributed by atoms with Gasteiger partial charge in [0.2, 0.25) is 9.70 Å². The van der Waals surface area contributed by atoms with Gasteiger partial charge >= 0.3 is 0 Å². The first-order valence-corrected chi connectivity index (χ1v) is 8.50. The number of rotatable bonds is 6. The van der Waals surface area contributed by atoms with Crippen molar-refractivity contribution in [3.63, 3.8) is 0 Å². The normalized spacial score (nSPS) is 12.1. The van der Waals surface area contributed by atoms with Gasteiger partial charge in [-0.05, 0) is 24.4 Å². The van der Waals surface area contributed by atoms with E-state index in [0.29, 0.717) is 17.2 Å². The molecule has 1 aromatic rings. The average molecular weight is 435 g/mol. The molecule has 0 aliphatic carbocycles. The van der Waals surface area contributed by atoms with E-state index in [4.69, 9.17) is 68.1 Å². The predicted molar refractivity (Wildman–Crippen MR) is 102 cm³/mol. The van der Waals surface area contributed by atoms with Crippen molar-refractivity contribution in [3.05, 3.63) is 18.2 Å². The Kier molecular flexibility index (Phi) is 8.45. The largest absolute Gasteiger partial charge is 0.497 e. The Morgan fingerprint density at radius 2 is 1.92 bits per heavy atom. The van der Waals surface area contributed by atoms with Gasteiger partial charge in [0.05, 0.1) is 19.9 Å². The second-order valence-electron chi connectivity index (χ2n) is 4.34. The van der Waals surface area contributed by atoms with E-state index < -0.39 is 15.9 Å². The fourth-order valence-corrected chi connectivity index (χ4v) is 2.23. The summed E-state index contributed by atoms with van der Waals surface area (Å²) >= 11 is 28.1. The van der Waals surface area contributed by atoms with Crippen LogP contribution in [0.15, 0.2) is 18.2 Å². The van der Waals surface area contributed by atoms with E-state index >= 15 is 0 Å². The fraction of sp³-hybridized carbons (Fsp3) is 0.385. The maximum atomic E-state index is 11.4. The van der Waals surface area contributed by atoms with Gasteiger partial charge in [0.25, 0.3) is 0 Å². The van der Waals surface area contributed by atoms with Gasteiger partial charge in [-0.1, -0.05) is 34.8 Å². The molecule has 11 heteroatoms. The van der Waals surface area contributed by atoms with Crippen LogP contribution in [0.5, 0.6) is 11.5 Å². The van der Waals surface area contributed by atoms with Crippen LogP contribution in [0.4, 0.5) is 5.69 Å². The molecule has 1 atom stereocenters. The van der Waals surface area contributed by atoms with Crippen molar-refractivity contribution in [2.45, 2.75) is 9.96 Å². The number of nitrogens with one attached hydrogen (secondary N) is 3. The Bertz CT molecular complexity index is 598. The van der Waals surface area contributed by atoms with Crippen LogP contribution in [-0.2, 0) is 4.79 Å². The summed E-state index contributed by atoms with van der Waals surface area (Å²) in [6.07, 6.45) is -1.09. The summed E-state index contributed by atoms with van der Waals surface area (Å²) in [6, 6.07) is 5.10. The van der Waals surface area contributed by atoms with Crippen molar-refractivity contribution >= 4 is 75.3 Å². The van der Waals surface area contributed by atoms with Crippen molar-refractivity contribution in [3.8, 4) is 11.5 Å². The smallest absolute Gasteiger partial charge is 0.236 e. The molecule has 0 fully saturated rings. The van der Waals surface area contributed by atoms with E-state index in [1.165, 1.54) is 14.2 Å². The van der Waals surface area contributed by atoms with Crippen LogP contribution in [0.1, 0.15) is 0 Å². The van der Waals surface area contributed by atoms with Crippen molar-refractivity contribution in [2.75, 3.05) is 25.4 Å². The van der Waals surface area contributed by atoms with Crippen molar-refractivity contribution in [2.24, 2.45) is 0 Å². The lowest BCUT2D eigenvalue weighted by molar-refractivity contribution is -0.119. The minimum atomic E-state index is -1.86. The van der Waals surface area contributed by atoms with E-state index in [1.807, 2.05) is 0 Å². The van der Waals surface area contributed by atoms with Crippen LogP contribution in [0.25, 0.3) is 0 Å². The lowest BCUT2D eigenvalue weighted by atomic mass is 10.2. The highest BCUT2D eigenvalue weighted by molar-refractivity contribution is 7.80. The van der Waals surface area contributed by atoms with Gasteiger partial charge in [-0.3, -0.25) is 4.79 Å². The van der Waals surface area contributed by atoms with Crippen LogP contribution >= 0.6 is 58.6 Å². The molecule has 1 unspecified atom stereocenters. The molecule has 0 bridgehead atoms. The van der Waals surface area contributed by atoms with Gasteiger partial charge < -0.3 is 25.4 Å². The summed E-state index contributed by atoms with van der Waals surface area (Å²) in [6.45, 7) is 0. The van der Waals surface area contributed by atoms with Crippen LogP contribution in [-0.4, -0.2) is 41.1 Å². The Hall–Kier alpha value is -0.860. The number of hydrogen-bond donors (Lipinski definition) is 3. The molecule has 24 heavy (non-hydrogen) atoms. The molecule has 0 heterocycles. The zero-order chi connectivity index (χ0) is 18.3. The molecule has 0 aromatic heterocycles. The zero-order valence-electron chi connectivity index (χ0n) is 12.7. The quantitative estimate of drug-likeness (QED) is 0.363. The topological polar surface area (TPSA) is 71.6 Å². The highest BCUT2D eigenvalue weighted by Gasteiger charge is 2.34. The first kappa shape index (κ1) is 21.2. The number of carbonyl (C=O) groups excluding carboxylic acids is 1. The van der Waals surface area contributed by atoms with Crippen molar-refractivity contribution in [1.29, 1.82) is 0 Å². The van der Waals surface area contributed by atoms with Gasteiger partial charge in [-0.25, -0.2) is 0 Å². The molecule has 0 spiro atoms. The number of anilines is 1. The number of methoxy groups -OCH3 is 2. The molecule has 6 nitrogen and oxygen atoms in total. The third kappa shape index (κ3) is 6.57. The minimum Gasteiger partial charge on any atom is -0.497 e. The number of carbonyl (C=O) groups is 1. The molecule has 134 valence electrons. The molecule has 0 saturated heterocycles. The predicted octanol–water partition coefficient (Wildman–Crippen LogP) is 3.04. The number of halogens is 4. The third-order valence-corrected chi connectivity index (χ3v) is 3.80. The zero-order valence-corrected chi connectivity index (χ0v) is 16.5. The molecule has 0 aliphatic rings. The van der Waals surface area contributed by atoms with Gasteiger partial charge in [0.15, 0.2) is 5.11 Å². The first-order chi connectivity index (χ1) is 11.2. The maximum Gasteiger partial charge on any atom is 0.236 e. The Morgan fingerprint density at radius 1 is 1.25 bits per heavy atom. The van der Waals surface area contributed by atoms with E-state index in [2.05, 4.69) is 16.0 Å². The molecule has 1 amide bonds. The first-order valence-electron chi connectivity index (χ1n) is 6.42. The standard InChI is InChI=1S/C13H15Cl4N3O3S/c1-22-7-3-4-9(23-2)8(5-7)18-12(24)20-11(13(15,16)17)19-10(21)6-14/h3-5,11H,6H2,1-2H3,(H,19,21)(H2,18,20,24). The molecule has 1 rings (SSSR count). The lowest BCUT2D eigenvalue weighted by Crippen LogP contribution is -2.56. The number of ether oxygens (including phenoxy) is 2. The monoisotopic (exact) mass is 433 g/mol. The number of alkyl halides is 4. The number of benzene rings is 1. The molecule has 0 saturated carbocycles. The summed E-state index contributed by atoms with van der Waals surface area (Å²) < 4.78 is 8.52. The second-order valence-corrected chi connectivity index (χ2v) is 7.38. The summed E-state index contributed by atoms with van der Waals surface area (Å²) in [4.78, 5) is 11.4. The Morgan fingerprint density at radius 3 is 2.42 bits per heavy atom. The van der Waals surface area contributed by atoms with Gasteiger partial charge in [0.1, 0.15) is 23.5 Å². The fourth-order valence-electron chi connectivity index (χ4n) is 1.60. The van der Waals surface area contributed by atoms with E-state index in [0.717, 1.165) is 0 Å². The minimum absolute atomic E-state index is 0.0905. The maximum absolute atomic E-state index is 11.4. The summed E-state index contributed by atoms with van der Waals surface area (Å²) in [7, 11) is 3.04. The number of hydrogen-bond acceptors (Lipinski definition) is 4. The summed E-state index contributed by atoms with van der Waals surface area (Å²) in [5.74, 6) is 0.301.